The number of amides is 1. The lowest BCUT2D eigenvalue weighted by Crippen LogP contribution is -2.52. The first-order valence-electron chi connectivity index (χ1n) is 13.8. The van der Waals surface area contributed by atoms with Gasteiger partial charge < -0.3 is 29.0 Å². The van der Waals surface area contributed by atoms with E-state index in [1.54, 1.807) is 12.3 Å². The highest BCUT2D eigenvalue weighted by Crippen LogP contribution is 2.37. The third-order valence-electron chi connectivity index (χ3n) is 6.10. The molecular weight excluding hydrogens is 606 g/mol. The Balaban J connectivity index is 2.02. The van der Waals surface area contributed by atoms with Crippen LogP contribution in [0.5, 0.6) is 0 Å². The summed E-state index contributed by atoms with van der Waals surface area (Å²) < 4.78 is 25.9. The van der Waals surface area contributed by atoms with E-state index in [9.17, 15) is 28.8 Å². The minimum absolute atomic E-state index is 0.0460. The van der Waals surface area contributed by atoms with E-state index in [1.807, 2.05) is 54.6 Å². The van der Waals surface area contributed by atoms with Crippen LogP contribution in [-0.4, -0.2) is 67.3 Å². The first-order valence-corrected chi connectivity index (χ1v) is 14.7. The zero-order chi connectivity index (χ0) is 33.1. The quantitative estimate of drug-likeness (QED) is 0.206. The Morgan fingerprint density at radius 3 is 1.84 bits per heavy atom. The van der Waals surface area contributed by atoms with Gasteiger partial charge in [-0.05, 0) is 23.6 Å². The molecule has 2 aromatic carbocycles. The molecule has 3 atom stereocenters. The van der Waals surface area contributed by atoms with Gasteiger partial charge in [-0.3, -0.25) is 24.0 Å². The van der Waals surface area contributed by atoms with Crippen LogP contribution in [-0.2, 0) is 47.7 Å². The van der Waals surface area contributed by atoms with Gasteiger partial charge in [0.2, 0.25) is 6.10 Å². The van der Waals surface area contributed by atoms with Crippen LogP contribution in [0.2, 0.25) is 0 Å². The Morgan fingerprint density at radius 1 is 0.711 bits per heavy atom. The normalized spacial score (nSPS) is 12.6. The highest BCUT2D eigenvalue weighted by atomic mass is 32.1. The number of nitrogens with one attached hydrogen (secondary N) is 1. The summed E-state index contributed by atoms with van der Waals surface area (Å²) in [6.45, 7) is 5.27. The molecule has 0 bridgehead atoms. The number of carbonyl (C=O) groups excluding carboxylic acids is 6. The minimum Gasteiger partial charge on any atom is -0.462 e. The fourth-order valence-corrected chi connectivity index (χ4v) is 5.27. The lowest BCUT2D eigenvalue weighted by Gasteiger charge is -2.30. The summed E-state index contributed by atoms with van der Waals surface area (Å²) in [5, 5.41) is 4.29. The van der Waals surface area contributed by atoms with Crippen LogP contribution in [0, 0.1) is 0 Å². The number of hydrogen-bond acceptors (Lipinski definition) is 12. The second-order valence-electron chi connectivity index (χ2n) is 9.56. The number of anilines is 1. The molecule has 0 aliphatic rings. The second kappa shape index (κ2) is 16.1. The number of esters is 5. The van der Waals surface area contributed by atoms with Crippen molar-refractivity contribution in [2.75, 3.05) is 18.5 Å². The number of benzene rings is 2. The van der Waals surface area contributed by atoms with Gasteiger partial charge >= 0.3 is 29.8 Å². The molecule has 0 aliphatic heterocycles. The molecule has 0 fully saturated rings. The van der Waals surface area contributed by atoms with E-state index in [0.29, 0.717) is 11.1 Å². The van der Waals surface area contributed by atoms with Gasteiger partial charge in [-0.1, -0.05) is 54.6 Å². The van der Waals surface area contributed by atoms with Crippen molar-refractivity contribution < 1.29 is 52.5 Å². The van der Waals surface area contributed by atoms with E-state index in [4.69, 9.17) is 23.7 Å². The fourth-order valence-electron chi connectivity index (χ4n) is 4.31. The van der Waals surface area contributed by atoms with Crippen molar-refractivity contribution in [3.05, 3.63) is 65.5 Å². The standard InChI is InChI=1S/C32H33NO11S/c1-6-40-32(39)27-25(24-14-12-23(13-15-24)22-10-8-7-9-11-22)17-45-31(27)33-30(38)29(44-21(5)37)28(43-20(4)36)26(42-19(3)35)16-41-18(2)34/h7-15,17,26,28-29H,6,16H2,1-5H3,(H,33,38)/t26-,28+,29+/m1/s1. The third kappa shape index (κ3) is 9.73. The summed E-state index contributed by atoms with van der Waals surface area (Å²) in [4.78, 5) is 74.3. The first-order chi connectivity index (χ1) is 21.4. The Morgan fingerprint density at radius 2 is 1.29 bits per heavy atom. The summed E-state index contributed by atoms with van der Waals surface area (Å²) in [5.74, 6) is -5.17. The van der Waals surface area contributed by atoms with Gasteiger partial charge in [-0.15, -0.1) is 11.3 Å². The number of carbonyl (C=O) groups is 6. The molecule has 0 radical (unpaired) electrons. The summed E-state index contributed by atoms with van der Waals surface area (Å²) in [6.07, 6.45) is -5.15. The molecule has 12 nitrogen and oxygen atoms in total. The topological polar surface area (TPSA) is 161 Å². The number of thiophene rings is 1. The third-order valence-corrected chi connectivity index (χ3v) is 6.99. The Kier molecular flexibility index (Phi) is 12.4. The van der Waals surface area contributed by atoms with E-state index in [0.717, 1.165) is 50.2 Å². The van der Waals surface area contributed by atoms with Crippen LogP contribution in [0.3, 0.4) is 0 Å². The van der Waals surface area contributed by atoms with E-state index >= 15 is 0 Å². The predicted octanol–water partition coefficient (Wildman–Crippen LogP) is 4.56. The monoisotopic (exact) mass is 639 g/mol. The molecule has 0 spiro atoms. The first kappa shape index (κ1) is 34.5. The average molecular weight is 640 g/mol. The van der Waals surface area contributed by atoms with Crippen molar-refractivity contribution >= 4 is 52.1 Å². The molecule has 0 saturated heterocycles. The van der Waals surface area contributed by atoms with Crippen molar-refractivity contribution in [2.24, 2.45) is 0 Å². The van der Waals surface area contributed by atoms with Crippen molar-refractivity contribution in [1.29, 1.82) is 0 Å². The lowest BCUT2D eigenvalue weighted by molar-refractivity contribution is -0.190. The predicted molar refractivity (Wildman–Crippen MR) is 163 cm³/mol. The molecule has 45 heavy (non-hydrogen) atoms. The van der Waals surface area contributed by atoms with Gasteiger partial charge in [0.15, 0.2) is 12.2 Å². The number of ether oxygens (including phenoxy) is 5. The SMILES string of the molecule is CCOC(=O)c1c(-c2ccc(-c3ccccc3)cc2)csc1NC(=O)[C@@H](OC(C)=O)[C@@H](OC(C)=O)[C@@H](COC(C)=O)OC(C)=O. The van der Waals surface area contributed by atoms with Crippen molar-refractivity contribution in [3.63, 3.8) is 0 Å². The number of rotatable bonds is 13. The van der Waals surface area contributed by atoms with Gasteiger partial charge in [0, 0.05) is 38.6 Å². The number of hydrogen-bond donors (Lipinski definition) is 1. The van der Waals surface area contributed by atoms with Crippen molar-refractivity contribution in [2.45, 2.75) is 52.9 Å². The smallest absolute Gasteiger partial charge is 0.341 e. The Hall–Kier alpha value is -5.04. The lowest BCUT2D eigenvalue weighted by atomic mass is 9.99. The molecule has 0 unspecified atom stereocenters. The van der Waals surface area contributed by atoms with Gasteiger partial charge in [0.25, 0.3) is 5.91 Å². The molecule has 238 valence electrons. The molecule has 3 aromatic rings. The molecule has 1 heterocycles. The second-order valence-corrected chi connectivity index (χ2v) is 10.4. The molecule has 0 saturated carbocycles. The minimum atomic E-state index is -1.89. The van der Waals surface area contributed by atoms with Crippen LogP contribution < -0.4 is 5.32 Å². The Bertz CT molecular complexity index is 1530. The van der Waals surface area contributed by atoms with Gasteiger partial charge in [0.1, 0.15) is 17.2 Å². The molecule has 1 N–H and O–H groups in total. The summed E-state index contributed by atoms with van der Waals surface area (Å²) in [6, 6.07) is 17.2. The van der Waals surface area contributed by atoms with Gasteiger partial charge in [-0.25, -0.2) is 4.79 Å². The highest BCUT2D eigenvalue weighted by molar-refractivity contribution is 7.15. The van der Waals surface area contributed by atoms with Crippen LogP contribution in [0.15, 0.2) is 60.0 Å². The van der Waals surface area contributed by atoms with Crippen LogP contribution in [0.1, 0.15) is 45.0 Å². The maximum absolute atomic E-state index is 13.7. The van der Waals surface area contributed by atoms with Gasteiger partial charge in [0.05, 0.1) is 6.61 Å². The zero-order valence-corrected chi connectivity index (χ0v) is 26.1. The van der Waals surface area contributed by atoms with E-state index in [1.165, 1.54) is 0 Å². The largest absolute Gasteiger partial charge is 0.462 e. The maximum atomic E-state index is 13.7. The maximum Gasteiger partial charge on any atom is 0.341 e. The molecule has 0 aliphatic carbocycles. The van der Waals surface area contributed by atoms with Crippen molar-refractivity contribution in [3.8, 4) is 22.3 Å². The zero-order valence-electron chi connectivity index (χ0n) is 25.3. The highest BCUT2D eigenvalue weighted by Gasteiger charge is 2.43. The average Bonchev–Trinajstić information content (AvgIpc) is 3.40. The summed E-state index contributed by atoms with van der Waals surface area (Å²) in [5.41, 5.74) is 3.15. The fraction of sp³-hybridized carbons (Fsp3) is 0.312. The molecule has 3 rings (SSSR count). The van der Waals surface area contributed by atoms with Crippen molar-refractivity contribution in [1.82, 2.24) is 0 Å². The van der Waals surface area contributed by atoms with E-state index in [-0.39, 0.29) is 17.2 Å². The van der Waals surface area contributed by atoms with Crippen LogP contribution in [0.4, 0.5) is 5.00 Å². The molecule has 1 aromatic heterocycles. The van der Waals surface area contributed by atoms with Gasteiger partial charge in [-0.2, -0.15) is 0 Å². The van der Waals surface area contributed by atoms with Crippen LogP contribution in [0.25, 0.3) is 22.3 Å². The molecule has 1 amide bonds. The molecular formula is C32H33NO11S. The van der Waals surface area contributed by atoms with E-state index in [2.05, 4.69) is 5.32 Å². The van der Waals surface area contributed by atoms with E-state index < -0.39 is 60.7 Å². The van der Waals surface area contributed by atoms with Crippen LogP contribution >= 0.6 is 11.3 Å². The summed E-state index contributed by atoms with van der Waals surface area (Å²) in [7, 11) is 0. The molecule has 13 heteroatoms. The summed E-state index contributed by atoms with van der Waals surface area (Å²) >= 11 is 1.01. The Labute approximate surface area is 263 Å².